The van der Waals surface area contributed by atoms with Gasteiger partial charge in [0.2, 0.25) is 0 Å². The maximum Gasteiger partial charge on any atom is 0.0115 e. The molecule has 0 heterocycles. The van der Waals surface area contributed by atoms with Crippen molar-refractivity contribution in [2.24, 2.45) is 23.7 Å². The lowest BCUT2D eigenvalue weighted by Gasteiger charge is -2.29. The SMILES string of the molecule is CNC(C(C)C)C1CCCC(C(C)C)CC1. The molecule has 0 amide bonds. The first-order chi connectivity index (χ1) is 7.56. The van der Waals surface area contributed by atoms with Crippen LogP contribution in [0.25, 0.3) is 0 Å². The molecule has 0 aliphatic heterocycles. The van der Waals surface area contributed by atoms with Gasteiger partial charge < -0.3 is 5.32 Å². The zero-order valence-electron chi connectivity index (χ0n) is 11.9. The maximum absolute atomic E-state index is 3.54. The Bertz CT molecular complexity index is 186. The predicted octanol–water partition coefficient (Wildman–Crippen LogP) is 4.08. The molecule has 1 heteroatoms. The van der Waals surface area contributed by atoms with Crippen LogP contribution in [0.3, 0.4) is 0 Å². The predicted molar refractivity (Wildman–Crippen MR) is 72.6 cm³/mol. The molecular weight excluding hydrogens is 194 g/mol. The third-order valence-corrected chi connectivity index (χ3v) is 4.56. The highest BCUT2D eigenvalue weighted by atomic mass is 14.9. The van der Waals surface area contributed by atoms with Crippen LogP contribution in [0.5, 0.6) is 0 Å². The minimum atomic E-state index is 0.728. The van der Waals surface area contributed by atoms with Crippen molar-refractivity contribution in [2.45, 2.75) is 65.8 Å². The first-order valence-corrected chi connectivity index (χ1v) is 7.23. The molecule has 1 saturated carbocycles. The molecule has 0 spiro atoms. The lowest BCUT2D eigenvalue weighted by atomic mass is 9.84. The average molecular weight is 225 g/mol. The van der Waals surface area contributed by atoms with Crippen LogP contribution < -0.4 is 5.32 Å². The summed E-state index contributed by atoms with van der Waals surface area (Å²) in [6, 6.07) is 0.728. The molecule has 96 valence electrons. The molecular formula is C15H31N. The third kappa shape index (κ3) is 3.76. The maximum atomic E-state index is 3.54. The van der Waals surface area contributed by atoms with E-state index in [0.29, 0.717) is 0 Å². The molecule has 0 bridgehead atoms. The Hall–Kier alpha value is -0.0400. The normalized spacial score (nSPS) is 29.4. The van der Waals surface area contributed by atoms with Gasteiger partial charge in [-0.15, -0.1) is 0 Å². The summed E-state index contributed by atoms with van der Waals surface area (Å²) in [7, 11) is 2.13. The summed E-state index contributed by atoms with van der Waals surface area (Å²) in [5.41, 5.74) is 0. The van der Waals surface area contributed by atoms with Crippen LogP contribution in [-0.4, -0.2) is 13.1 Å². The van der Waals surface area contributed by atoms with E-state index in [4.69, 9.17) is 0 Å². The number of rotatable bonds is 4. The number of hydrogen-bond donors (Lipinski definition) is 1. The van der Waals surface area contributed by atoms with Crippen LogP contribution in [0.2, 0.25) is 0 Å². The number of hydrogen-bond acceptors (Lipinski definition) is 1. The Morgan fingerprint density at radius 2 is 1.44 bits per heavy atom. The highest BCUT2D eigenvalue weighted by molar-refractivity contribution is 4.82. The third-order valence-electron chi connectivity index (χ3n) is 4.56. The Labute approximate surface area is 102 Å². The van der Waals surface area contributed by atoms with Crippen molar-refractivity contribution >= 4 is 0 Å². The summed E-state index contributed by atoms with van der Waals surface area (Å²) in [5, 5.41) is 3.54. The molecule has 1 rings (SSSR count). The van der Waals surface area contributed by atoms with Crippen molar-refractivity contribution < 1.29 is 0 Å². The molecule has 0 aromatic carbocycles. The minimum Gasteiger partial charge on any atom is -0.316 e. The van der Waals surface area contributed by atoms with Gasteiger partial charge in [0.1, 0.15) is 0 Å². The van der Waals surface area contributed by atoms with Crippen molar-refractivity contribution in [2.75, 3.05) is 7.05 Å². The summed E-state index contributed by atoms with van der Waals surface area (Å²) >= 11 is 0. The first kappa shape index (κ1) is 14.0. The molecule has 1 nitrogen and oxygen atoms in total. The fourth-order valence-electron chi connectivity index (χ4n) is 3.50. The molecule has 0 radical (unpaired) electrons. The second-order valence-corrected chi connectivity index (χ2v) is 6.33. The van der Waals surface area contributed by atoms with Gasteiger partial charge in [-0.2, -0.15) is 0 Å². The molecule has 1 fully saturated rings. The fraction of sp³-hybridized carbons (Fsp3) is 1.00. The zero-order chi connectivity index (χ0) is 12.1. The highest BCUT2D eigenvalue weighted by Crippen LogP contribution is 2.34. The summed E-state index contributed by atoms with van der Waals surface area (Å²) < 4.78 is 0. The van der Waals surface area contributed by atoms with Crippen LogP contribution in [0.1, 0.15) is 59.8 Å². The number of nitrogens with one attached hydrogen (secondary N) is 1. The van der Waals surface area contributed by atoms with Gasteiger partial charge in [-0.05, 0) is 50.0 Å². The fourth-order valence-corrected chi connectivity index (χ4v) is 3.50. The molecule has 1 aliphatic carbocycles. The van der Waals surface area contributed by atoms with Gasteiger partial charge in [0.25, 0.3) is 0 Å². The molecule has 0 saturated heterocycles. The van der Waals surface area contributed by atoms with E-state index in [1.54, 1.807) is 0 Å². The molecule has 16 heavy (non-hydrogen) atoms. The second-order valence-electron chi connectivity index (χ2n) is 6.33. The van der Waals surface area contributed by atoms with Crippen molar-refractivity contribution in [1.82, 2.24) is 5.32 Å². The monoisotopic (exact) mass is 225 g/mol. The van der Waals surface area contributed by atoms with E-state index in [1.807, 2.05) is 0 Å². The van der Waals surface area contributed by atoms with Crippen LogP contribution >= 0.6 is 0 Å². The Balaban J connectivity index is 2.51. The Morgan fingerprint density at radius 1 is 0.875 bits per heavy atom. The molecule has 0 aromatic heterocycles. The van der Waals surface area contributed by atoms with Gasteiger partial charge >= 0.3 is 0 Å². The average Bonchev–Trinajstić information content (AvgIpc) is 2.44. The van der Waals surface area contributed by atoms with Gasteiger partial charge in [-0.3, -0.25) is 0 Å². The highest BCUT2D eigenvalue weighted by Gasteiger charge is 2.27. The lowest BCUT2D eigenvalue weighted by Crippen LogP contribution is -2.38. The Morgan fingerprint density at radius 3 is 1.94 bits per heavy atom. The van der Waals surface area contributed by atoms with Crippen molar-refractivity contribution in [3.8, 4) is 0 Å². The smallest absolute Gasteiger partial charge is 0.0115 e. The zero-order valence-corrected chi connectivity index (χ0v) is 11.9. The van der Waals surface area contributed by atoms with E-state index >= 15 is 0 Å². The van der Waals surface area contributed by atoms with E-state index in [2.05, 4.69) is 40.1 Å². The summed E-state index contributed by atoms with van der Waals surface area (Å²) in [6.45, 7) is 9.49. The molecule has 3 unspecified atom stereocenters. The van der Waals surface area contributed by atoms with Crippen LogP contribution in [-0.2, 0) is 0 Å². The summed E-state index contributed by atoms with van der Waals surface area (Å²) in [4.78, 5) is 0. The van der Waals surface area contributed by atoms with Gasteiger partial charge in [0.15, 0.2) is 0 Å². The van der Waals surface area contributed by atoms with Crippen molar-refractivity contribution in [1.29, 1.82) is 0 Å². The molecule has 0 aromatic rings. The standard InChI is InChI=1S/C15H31N/c1-11(2)13-7-6-8-14(10-9-13)15(16-5)12(3)4/h11-16H,6-10H2,1-5H3. The largest absolute Gasteiger partial charge is 0.316 e. The van der Waals surface area contributed by atoms with E-state index in [-0.39, 0.29) is 0 Å². The van der Waals surface area contributed by atoms with Crippen molar-refractivity contribution in [3.63, 3.8) is 0 Å². The van der Waals surface area contributed by atoms with Gasteiger partial charge in [-0.1, -0.05) is 40.5 Å². The van der Waals surface area contributed by atoms with E-state index < -0.39 is 0 Å². The molecule has 1 N–H and O–H groups in total. The quantitative estimate of drug-likeness (QED) is 0.711. The Kier molecular flexibility index (Phi) is 5.82. The first-order valence-electron chi connectivity index (χ1n) is 7.23. The summed E-state index contributed by atoms with van der Waals surface area (Å²) in [5.74, 6) is 3.54. The van der Waals surface area contributed by atoms with Crippen LogP contribution in [0.4, 0.5) is 0 Å². The van der Waals surface area contributed by atoms with E-state index in [0.717, 1.165) is 29.7 Å². The minimum absolute atomic E-state index is 0.728. The van der Waals surface area contributed by atoms with Crippen LogP contribution in [0.15, 0.2) is 0 Å². The van der Waals surface area contributed by atoms with Gasteiger partial charge in [0.05, 0.1) is 0 Å². The molecule has 3 atom stereocenters. The second kappa shape index (κ2) is 6.64. The van der Waals surface area contributed by atoms with Gasteiger partial charge in [-0.25, -0.2) is 0 Å². The summed E-state index contributed by atoms with van der Waals surface area (Å²) in [6.07, 6.45) is 7.23. The van der Waals surface area contributed by atoms with Gasteiger partial charge in [0, 0.05) is 6.04 Å². The van der Waals surface area contributed by atoms with Crippen LogP contribution in [0, 0.1) is 23.7 Å². The van der Waals surface area contributed by atoms with E-state index in [9.17, 15) is 0 Å². The topological polar surface area (TPSA) is 12.0 Å². The van der Waals surface area contributed by atoms with E-state index in [1.165, 1.54) is 32.1 Å². The van der Waals surface area contributed by atoms with Crippen molar-refractivity contribution in [3.05, 3.63) is 0 Å². The molecule has 1 aliphatic rings. The lowest BCUT2D eigenvalue weighted by molar-refractivity contribution is 0.263.